The van der Waals surface area contributed by atoms with Crippen LogP contribution in [0.5, 0.6) is 0 Å². The zero-order valence-electron chi connectivity index (χ0n) is 15.8. The lowest BCUT2D eigenvalue weighted by Gasteiger charge is -2.12. The minimum Gasteiger partial charge on any atom is -0.355 e. The van der Waals surface area contributed by atoms with Crippen LogP contribution in [0, 0.1) is 20.8 Å². The van der Waals surface area contributed by atoms with Crippen LogP contribution in [0.4, 0.5) is 5.69 Å². The molecule has 0 saturated carbocycles. The van der Waals surface area contributed by atoms with Gasteiger partial charge in [0.05, 0.1) is 23.1 Å². The summed E-state index contributed by atoms with van der Waals surface area (Å²) >= 11 is 0. The molecule has 3 aromatic rings. The predicted octanol–water partition coefficient (Wildman–Crippen LogP) is 3.41. The van der Waals surface area contributed by atoms with Gasteiger partial charge in [-0.05, 0) is 50.1 Å². The first-order valence-electron chi connectivity index (χ1n) is 8.67. The summed E-state index contributed by atoms with van der Waals surface area (Å²) in [6.07, 6.45) is 1.56. The molecule has 1 aromatic heterocycles. The fraction of sp³-hybridized carbons (Fsp3) is 0.190. The van der Waals surface area contributed by atoms with Crippen molar-refractivity contribution in [1.82, 2.24) is 15.1 Å². The highest BCUT2D eigenvalue weighted by atomic mass is 16.2. The SMILES string of the molecule is CNC(=O)c1cccc(NC(=O)c2cnn(-c3ccccc3C)c2C)c1C. The molecule has 6 heteroatoms. The van der Waals surface area contributed by atoms with Gasteiger partial charge in [0, 0.05) is 18.3 Å². The van der Waals surface area contributed by atoms with E-state index in [9.17, 15) is 9.59 Å². The van der Waals surface area contributed by atoms with Crippen molar-refractivity contribution in [2.45, 2.75) is 20.8 Å². The molecule has 0 aliphatic heterocycles. The molecule has 138 valence electrons. The van der Waals surface area contributed by atoms with Crippen molar-refractivity contribution in [3.63, 3.8) is 0 Å². The molecule has 2 N–H and O–H groups in total. The van der Waals surface area contributed by atoms with Crippen molar-refractivity contribution in [1.29, 1.82) is 0 Å². The summed E-state index contributed by atoms with van der Waals surface area (Å²) in [6.45, 7) is 5.68. The minimum atomic E-state index is -0.260. The molecule has 0 radical (unpaired) electrons. The standard InChI is InChI=1S/C21H22N4O2/c1-13-8-5-6-11-19(13)25-15(3)17(12-23-25)21(27)24-18-10-7-9-16(14(18)2)20(26)22-4/h5-12H,1-4H3,(H,22,26)(H,24,27). The largest absolute Gasteiger partial charge is 0.355 e. The number of benzene rings is 2. The lowest BCUT2D eigenvalue weighted by atomic mass is 10.1. The topological polar surface area (TPSA) is 76.0 Å². The van der Waals surface area contributed by atoms with Gasteiger partial charge in [-0.2, -0.15) is 5.10 Å². The Balaban J connectivity index is 1.91. The summed E-state index contributed by atoms with van der Waals surface area (Å²) < 4.78 is 1.76. The molecule has 0 fully saturated rings. The predicted molar refractivity (Wildman–Crippen MR) is 106 cm³/mol. The Bertz CT molecular complexity index is 1020. The maximum atomic E-state index is 12.8. The molecule has 27 heavy (non-hydrogen) atoms. The number of hydrogen-bond acceptors (Lipinski definition) is 3. The number of carbonyl (C=O) groups is 2. The van der Waals surface area contributed by atoms with Gasteiger partial charge in [-0.3, -0.25) is 9.59 Å². The number of para-hydroxylation sites is 1. The van der Waals surface area contributed by atoms with Crippen LogP contribution in [0.2, 0.25) is 0 Å². The number of nitrogens with zero attached hydrogens (tertiary/aromatic N) is 2. The van der Waals surface area contributed by atoms with Crippen molar-refractivity contribution in [3.8, 4) is 5.69 Å². The number of aromatic nitrogens is 2. The molecule has 0 bridgehead atoms. The van der Waals surface area contributed by atoms with Crippen molar-refractivity contribution in [2.75, 3.05) is 12.4 Å². The molecule has 0 aliphatic carbocycles. The van der Waals surface area contributed by atoms with Crippen molar-refractivity contribution in [3.05, 3.63) is 76.6 Å². The Morgan fingerprint density at radius 2 is 1.67 bits per heavy atom. The summed E-state index contributed by atoms with van der Waals surface area (Å²) in [5, 5.41) is 9.88. The molecule has 2 amide bonds. The van der Waals surface area contributed by atoms with Gasteiger partial charge >= 0.3 is 0 Å². The first-order chi connectivity index (χ1) is 12.9. The second-order valence-corrected chi connectivity index (χ2v) is 6.35. The average Bonchev–Trinajstić information content (AvgIpc) is 3.04. The van der Waals surface area contributed by atoms with Crippen LogP contribution in [0.1, 0.15) is 37.5 Å². The Morgan fingerprint density at radius 1 is 0.926 bits per heavy atom. The quantitative estimate of drug-likeness (QED) is 0.747. The van der Waals surface area contributed by atoms with E-state index in [1.54, 1.807) is 36.1 Å². The molecule has 0 atom stereocenters. The third-order valence-corrected chi connectivity index (χ3v) is 4.65. The normalized spacial score (nSPS) is 10.5. The van der Waals surface area contributed by atoms with Crippen LogP contribution >= 0.6 is 0 Å². The number of hydrogen-bond donors (Lipinski definition) is 2. The summed E-state index contributed by atoms with van der Waals surface area (Å²) in [5.74, 6) is -0.448. The fourth-order valence-corrected chi connectivity index (χ4v) is 3.02. The van der Waals surface area contributed by atoms with Crippen LogP contribution in [0.25, 0.3) is 5.69 Å². The maximum absolute atomic E-state index is 12.8. The first kappa shape index (κ1) is 18.4. The van der Waals surface area contributed by atoms with Gasteiger partial charge in [-0.25, -0.2) is 4.68 Å². The number of nitrogens with one attached hydrogen (secondary N) is 2. The van der Waals surface area contributed by atoms with Crippen LogP contribution in [0.3, 0.4) is 0 Å². The number of aryl methyl sites for hydroxylation is 1. The van der Waals surface area contributed by atoms with Gasteiger partial charge in [0.25, 0.3) is 11.8 Å². The summed E-state index contributed by atoms with van der Waals surface area (Å²) in [7, 11) is 1.58. The molecule has 0 aliphatic rings. The van der Waals surface area contributed by atoms with E-state index in [1.807, 2.05) is 45.0 Å². The van der Waals surface area contributed by atoms with E-state index in [0.717, 1.165) is 16.9 Å². The fourth-order valence-electron chi connectivity index (χ4n) is 3.02. The average molecular weight is 362 g/mol. The lowest BCUT2D eigenvalue weighted by Crippen LogP contribution is -2.20. The molecule has 3 rings (SSSR count). The van der Waals surface area contributed by atoms with Gasteiger partial charge in [0.15, 0.2) is 0 Å². The Morgan fingerprint density at radius 3 is 2.37 bits per heavy atom. The highest BCUT2D eigenvalue weighted by Crippen LogP contribution is 2.22. The van der Waals surface area contributed by atoms with Crippen molar-refractivity contribution < 1.29 is 9.59 Å². The van der Waals surface area contributed by atoms with E-state index < -0.39 is 0 Å². The van der Waals surface area contributed by atoms with E-state index >= 15 is 0 Å². The molecule has 0 unspecified atom stereocenters. The van der Waals surface area contributed by atoms with Gasteiger partial charge in [-0.1, -0.05) is 24.3 Å². The zero-order valence-corrected chi connectivity index (χ0v) is 15.8. The highest BCUT2D eigenvalue weighted by Gasteiger charge is 2.18. The molecule has 2 aromatic carbocycles. The number of rotatable bonds is 4. The van der Waals surface area contributed by atoms with Crippen LogP contribution in [-0.2, 0) is 0 Å². The Kier molecular flexibility index (Phi) is 5.07. The van der Waals surface area contributed by atoms with Crippen molar-refractivity contribution >= 4 is 17.5 Å². The van der Waals surface area contributed by atoms with Gasteiger partial charge in [0.1, 0.15) is 0 Å². The highest BCUT2D eigenvalue weighted by molar-refractivity contribution is 6.06. The second kappa shape index (κ2) is 7.45. The number of amides is 2. The molecule has 1 heterocycles. The Hall–Kier alpha value is -3.41. The van der Waals surface area contributed by atoms with E-state index in [-0.39, 0.29) is 11.8 Å². The van der Waals surface area contributed by atoms with Crippen molar-refractivity contribution in [2.24, 2.45) is 0 Å². The van der Waals surface area contributed by atoms with Gasteiger partial charge in [0.2, 0.25) is 0 Å². The van der Waals surface area contributed by atoms with Crippen LogP contribution in [0.15, 0.2) is 48.7 Å². The molecular formula is C21H22N4O2. The van der Waals surface area contributed by atoms with Gasteiger partial charge in [-0.15, -0.1) is 0 Å². The second-order valence-electron chi connectivity index (χ2n) is 6.35. The first-order valence-corrected chi connectivity index (χ1v) is 8.67. The molecule has 6 nitrogen and oxygen atoms in total. The van der Waals surface area contributed by atoms with E-state index in [1.165, 1.54) is 0 Å². The molecular weight excluding hydrogens is 340 g/mol. The smallest absolute Gasteiger partial charge is 0.259 e. The maximum Gasteiger partial charge on any atom is 0.259 e. The van der Waals surface area contributed by atoms with Gasteiger partial charge < -0.3 is 10.6 Å². The summed E-state index contributed by atoms with van der Waals surface area (Å²) in [5.41, 5.74) is 5.10. The Labute approximate surface area is 158 Å². The minimum absolute atomic E-state index is 0.188. The zero-order chi connectivity index (χ0) is 19.6. The summed E-state index contributed by atoms with van der Waals surface area (Å²) in [6, 6.07) is 13.1. The third kappa shape index (κ3) is 3.46. The van der Waals surface area contributed by atoms with E-state index in [4.69, 9.17) is 0 Å². The van der Waals surface area contributed by atoms with E-state index in [0.29, 0.717) is 22.4 Å². The monoisotopic (exact) mass is 362 g/mol. The summed E-state index contributed by atoms with van der Waals surface area (Å²) in [4.78, 5) is 24.8. The molecule has 0 saturated heterocycles. The molecule has 0 spiro atoms. The third-order valence-electron chi connectivity index (χ3n) is 4.65. The van der Waals surface area contributed by atoms with Crippen LogP contribution < -0.4 is 10.6 Å². The number of carbonyl (C=O) groups excluding carboxylic acids is 2. The van der Waals surface area contributed by atoms with Crippen LogP contribution in [-0.4, -0.2) is 28.6 Å². The number of anilines is 1. The lowest BCUT2D eigenvalue weighted by molar-refractivity contribution is 0.0960. The van der Waals surface area contributed by atoms with E-state index in [2.05, 4.69) is 15.7 Å².